The molecule has 11 heteroatoms. The number of rotatable bonds is 19. The molecule has 4 bridgehead atoms. The van der Waals surface area contributed by atoms with Crippen LogP contribution in [0.2, 0.25) is 0 Å². The van der Waals surface area contributed by atoms with Crippen LogP contribution in [0.4, 0.5) is 0 Å². The number of unbranched alkanes of at least 4 members (excludes halogenated alkanes) is 1. The predicted molar refractivity (Wildman–Crippen MR) is 250 cm³/mol. The number of terminal acetylenes is 1. The van der Waals surface area contributed by atoms with Crippen LogP contribution in [0, 0.1) is 24.2 Å². The summed E-state index contributed by atoms with van der Waals surface area (Å²) < 4.78 is 12.3. The van der Waals surface area contributed by atoms with Gasteiger partial charge in [0, 0.05) is 61.5 Å². The number of likely N-dealkylation sites (N-methyl/N-ethyl adjacent to an activating group) is 1. The van der Waals surface area contributed by atoms with E-state index in [9.17, 15) is 19.2 Å². The fraction of sp³-hybridized carbons (Fsp3) is 0.385. The monoisotopic (exact) mass is 853 g/mol. The summed E-state index contributed by atoms with van der Waals surface area (Å²) in [4.78, 5) is 58.6. The molecule has 0 aromatic heterocycles. The van der Waals surface area contributed by atoms with Crippen molar-refractivity contribution in [2.24, 2.45) is 29.0 Å². The van der Waals surface area contributed by atoms with Gasteiger partial charge in [-0.2, -0.15) is 0 Å². The molecule has 4 aromatic rings. The molecular formula is C52H63N5O6. The van der Waals surface area contributed by atoms with Crippen LogP contribution in [0.25, 0.3) is 22.3 Å². The summed E-state index contributed by atoms with van der Waals surface area (Å²) in [5.74, 6) is 0.740. The van der Waals surface area contributed by atoms with Crippen molar-refractivity contribution in [3.8, 4) is 46.1 Å². The lowest BCUT2D eigenvalue weighted by Gasteiger charge is -2.32. The molecule has 0 saturated carbocycles. The average molecular weight is 854 g/mol. The highest BCUT2D eigenvalue weighted by atomic mass is 16.5. The van der Waals surface area contributed by atoms with Crippen molar-refractivity contribution in [1.29, 1.82) is 0 Å². The third-order valence-corrected chi connectivity index (χ3v) is 11.5. The van der Waals surface area contributed by atoms with E-state index in [0.717, 1.165) is 36.0 Å². The maximum Gasteiger partial charge on any atom is 0.226 e. The van der Waals surface area contributed by atoms with Crippen LogP contribution in [0.1, 0.15) is 85.5 Å². The molecule has 0 spiro atoms. The standard InChI is InChI=1S/C52H63N5O6/c1-5-7-10-36-13-16-38(17-14-36)39-18-20-40(21-19-39)46(58)34-42(11-9-25-53)52(61)57(4)50-41-22-24-49(63-29-27-55)45(33-41)44-32-37(15-23-48(44)62-28-26-54)31-43(12-8-6-2)56-51(60)35(3)30-47(50)59/h2,8,12-24,32-33,35,42-43,50H,5,7,9-11,25-31,34,53-55H2,1,3-4H3,(H,56,60)/b12-8+/t35-,42-,43-,50+/m1/s1. The number of nitrogens with one attached hydrogen (secondary N) is 1. The third kappa shape index (κ3) is 13.0. The third-order valence-electron chi connectivity index (χ3n) is 11.5. The molecule has 2 amide bonds. The van der Waals surface area contributed by atoms with Crippen molar-refractivity contribution in [2.75, 3.05) is 39.9 Å². The lowest BCUT2D eigenvalue weighted by atomic mass is 9.88. The van der Waals surface area contributed by atoms with E-state index >= 15 is 0 Å². The Hall–Kier alpha value is -6.06. The summed E-state index contributed by atoms with van der Waals surface area (Å²) in [6.07, 6.45) is 13.2. The maximum atomic E-state index is 14.8. The first-order valence-corrected chi connectivity index (χ1v) is 22.1. The van der Waals surface area contributed by atoms with Gasteiger partial charge < -0.3 is 36.9 Å². The number of hydrogen-bond donors (Lipinski definition) is 4. The Morgan fingerprint density at radius 2 is 1.49 bits per heavy atom. The molecule has 0 radical (unpaired) electrons. The average Bonchev–Trinajstić information content (AvgIpc) is 3.30. The normalized spacial score (nSPS) is 17.0. The first kappa shape index (κ1) is 48.0. The number of ketones is 2. The molecule has 1 aliphatic rings. The number of hydrogen-bond acceptors (Lipinski definition) is 9. The molecule has 4 aromatic carbocycles. The Balaban J connectivity index is 1.53. The number of allylic oxidation sites excluding steroid dienone is 1. The van der Waals surface area contributed by atoms with Crippen molar-refractivity contribution in [3.05, 3.63) is 119 Å². The number of benzene rings is 4. The van der Waals surface area contributed by atoms with Crippen LogP contribution >= 0.6 is 0 Å². The van der Waals surface area contributed by atoms with Crippen molar-refractivity contribution in [2.45, 2.75) is 77.3 Å². The van der Waals surface area contributed by atoms with Crippen molar-refractivity contribution in [3.63, 3.8) is 0 Å². The zero-order chi connectivity index (χ0) is 45.3. The Morgan fingerprint density at radius 1 is 0.857 bits per heavy atom. The van der Waals surface area contributed by atoms with E-state index in [-0.39, 0.29) is 62.5 Å². The highest BCUT2D eigenvalue weighted by Gasteiger charge is 2.35. The van der Waals surface area contributed by atoms with E-state index in [4.69, 9.17) is 33.1 Å². The van der Waals surface area contributed by atoms with E-state index < -0.39 is 23.9 Å². The van der Waals surface area contributed by atoms with Gasteiger partial charge in [-0.1, -0.05) is 92.9 Å². The van der Waals surface area contributed by atoms with E-state index in [1.54, 1.807) is 44.3 Å². The Labute approximate surface area is 372 Å². The van der Waals surface area contributed by atoms with Gasteiger partial charge in [0.05, 0.1) is 6.04 Å². The summed E-state index contributed by atoms with van der Waals surface area (Å²) in [7, 11) is 1.58. The lowest BCUT2D eigenvalue weighted by Crippen LogP contribution is -2.42. The van der Waals surface area contributed by atoms with E-state index in [0.29, 0.717) is 59.6 Å². The number of nitrogens with zero attached hydrogens (tertiary/aromatic N) is 1. The number of Topliss-reactive ketones (excluding diaryl/α,β-unsaturated/α-hetero) is 2. The molecular weight excluding hydrogens is 791 g/mol. The summed E-state index contributed by atoms with van der Waals surface area (Å²) in [5.41, 5.74) is 24.2. The van der Waals surface area contributed by atoms with Gasteiger partial charge in [-0.3, -0.25) is 19.2 Å². The summed E-state index contributed by atoms with van der Waals surface area (Å²) in [6, 6.07) is 25.4. The number of nitrogens with two attached hydrogens (primary N) is 3. The number of amides is 2. The van der Waals surface area contributed by atoms with Crippen LogP contribution in [0.15, 0.2) is 97.1 Å². The molecule has 0 unspecified atom stereocenters. The summed E-state index contributed by atoms with van der Waals surface area (Å²) in [6.45, 7) is 5.19. The van der Waals surface area contributed by atoms with Gasteiger partial charge in [0.25, 0.3) is 0 Å². The lowest BCUT2D eigenvalue weighted by molar-refractivity contribution is -0.142. The molecule has 0 aliphatic carbocycles. The zero-order valence-corrected chi connectivity index (χ0v) is 36.9. The van der Waals surface area contributed by atoms with Gasteiger partial charge in [-0.15, -0.1) is 6.42 Å². The number of ether oxygens (including phenoxy) is 2. The van der Waals surface area contributed by atoms with Crippen LogP contribution in [-0.2, 0) is 27.2 Å². The maximum absolute atomic E-state index is 14.8. The minimum atomic E-state index is -1.13. The van der Waals surface area contributed by atoms with Gasteiger partial charge >= 0.3 is 0 Å². The predicted octanol–water partition coefficient (Wildman–Crippen LogP) is 6.99. The number of fused-ring (bicyclic) bond motifs is 5. The molecule has 11 nitrogen and oxygen atoms in total. The second-order valence-electron chi connectivity index (χ2n) is 16.3. The van der Waals surface area contributed by atoms with Gasteiger partial charge in [-0.25, -0.2) is 0 Å². The number of carbonyl (C=O) groups is 4. The SMILES string of the molecule is C#C/C=C/[C@@H]1Cc2ccc(OCCN)c(c2)-c2cc(ccc2OCCN)[C@H](N(C)C(=O)[C@H](CCCN)CC(=O)c2ccc(-c3ccc(CCCC)cc3)cc2)C(=O)C[C@@H](C)C(=O)N1. The molecule has 332 valence electrons. The van der Waals surface area contributed by atoms with Crippen LogP contribution in [0.5, 0.6) is 11.5 Å². The van der Waals surface area contributed by atoms with Crippen molar-refractivity contribution in [1.82, 2.24) is 10.2 Å². The first-order valence-electron chi connectivity index (χ1n) is 22.1. The van der Waals surface area contributed by atoms with Crippen LogP contribution in [0.3, 0.4) is 0 Å². The highest BCUT2D eigenvalue weighted by molar-refractivity contribution is 6.00. The van der Waals surface area contributed by atoms with Gasteiger partial charge in [0.1, 0.15) is 30.8 Å². The molecule has 7 N–H and O–H groups in total. The van der Waals surface area contributed by atoms with Crippen LogP contribution < -0.4 is 32.0 Å². The second kappa shape index (κ2) is 24.0. The largest absolute Gasteiger partial charge is 0.492 e. The Morgan fingerprint density at radius 3 is 2.11 bits per heavy atom. The fourth-order valence-electron chi connectivity index (χ4n) is 8.01. The van der Waals surface area contributed by atoms with Gasteiger partial charge in [-0.05, 0) is 96.8 Å². The summed E-state index contributed by atoms with van der Waals surface area (Å²) in [5, 5.41) is 3.06. The Kier molecular flexibility index (Phi) is 18.3. The molecule has 0 fully saturated rings. The van der Waals surface area contributed by atoms with Crippen LogP contribution in [-0.4, -0.2) is 74.2 Å². The van der Waals surface area contributed by atoms with E-state index in [2.05, 4.69) is 42.4 Å². The summed E-state index contributed by atoms with van der Waals surface area (Å²) >= 11 is 0. The molecule has 63 heavy (non-hydrogen) atoms. The zero-order valence-electron chi connectivity index (χ0n) is 36.9. The van der Waals surface area contributed by atoms with Gasteiger partial charge in [0.15, 0.2) is 11.6 Å². The van der Waals surface area contributed by atoms with Crippen molar-refractivity contribution < 1.29 is 28.7 Å². The smallest absolute Gasteiger partial charge is 0.226 e. The first-order chi connectivity index (χ1) is 30.5. The Bertz CT molecular complexity index is 2250. The van der Waals surface area contributed by atoms with Crippen molar-refractivity contribution >= 4 is 23.4 Å². The number of aryl methyl sites for hydroxylation is 1. The van der Waals surface area contributed by atoms with E-state index in [1.807, 2.05) is 36.4 Å². The van der Waals surface area contributed by atoms with E-state index in [1.165, 1.54) is 16.5 Å². The molecule has 0 saturated heterocycles. The quantitative estimate of drug-likeness (QED) is 0.0571. The molecule has 4 atom stereocenters. The topological polar surface area (TPSA) is 180 Å². The minimum Gasteiger partial charge on any atom is -0.492 e. The second-order valence-corrected chi connectivity index (χ2v) is 16.3. The fourth-order valence-corrected chi connectivity index (χ4v) is 8.01. The molecule has 5 rings (SSSR count). The highest BCUT2D eigenvalue weighted by Crippen LogP contribution is 2.41. The molecule has 1 heterocycles. The van der Waals surface area contributed by atoms with Gasteiger partial charge in [0.2, 0.25) is 11.8 Å². The minimum absolute atomic E-state index is 0.0767. The molecule has 1 aliphatic heterocycles. The number of carbonyl (C=O) groups excluding carboxylic acids is 4.